The summed E-state index contributed by atoms with van der Waals surface area (Å²) in [5, 5.41) is 0.213. The highest BCUT2D eigenvalue weighted by atomic mass is 35.5. The van der Waals surface area contributed by atoms with Crippen LogP contribution in [0, 0.1) is 0 Å². The van der Waals surface area contributed by atoms with Crippen molar-refractivity contribution < 1.29 is 8.42 Å². The summed E-state index contributed by atoms with van der Waals surface area (Å²) in [6.45, 7) is 7.65. The molecule has 0 bridgehead atoms. The molecule has 0 unspecified atom stereocenters. The van der Waals surface area contributed by atoms with E-state index in [1.54, 1.807) is 26.0 Å². The van der Waals surface area contributed by atoms with Crippen molar-refractivity contribution in [3.8, 4) is 0 Å². The van der Waals surface area contributed by atoms with Gasteiger partial charge < -0.3 is 5.73 Å². The minimum absolute atomic E-state index is 0.0990. The first-order chi connectivity index (χ1) is 8.59. The largest absolute Gasteiger partial charge is 0.329 e. The Morgan fingerprint density at radius 2 is 1.95 bits per heavy atom. The topological polar surface area (TPSA) is 72.2 Å². The Morgan fingerprint density at radius 1 is 1.37 bits per heavy atom. The summed E-state index contributed by atoms with van der Waals surface area (Å²) in [6.07, 6.45) is 0. The normalized spacial score (nSPS) is 13.0. The lowest BCUT2D eigenvalue weighted by Gasteiger charge is -2.24. The minimum atomic E-state index is -3.68. The zero-order valence-corrected chi connectivity index (χ0v) is 13.3. The van der Waals surface area contributed by atoms with Crippen molar-refractivity contribution in [3.05, 3.63) is 28.8 Å². The van der Waals surface area contributed by atoms with Crippen LogP contribution in [0.25, 0.3) is 0 Å². The van der Waals surface area contributed by atoms with Crippen LogP contribution in [0.1, 0.15) is 39.2 Å². The zero-order valence-electron chi connectivity index (χ0n) is 11.7. The Balaban J connectivity index is 3.25. The van der Waals surface area contributed by atoms with Gasteiger partial charge in [0.15, 0.2) is 0 Å². The average Bonchev–Trinajstić information content (AvgIpc) is 2.27. The molecule has 0 aliphatic rings. The molecule has 1 aromatic rings. The summed E-state index contributed by atoms with van der Waals surface area (Å²) < 4.78 is 27.3. The van der Waals surface area contributed by atoms with Crippen LogP contribution in [0.15, 0.2) is 23.1 Å². The second kappa shape index (κ2) is 5.79. The van der Waals surface area contributed by atoms with E-state index >= 15 is 0 Å². The van der Waals surface area contributed by atoms with Crippen molar-refractivity contribution in [2.75, 3.05) is 6.54 Å². The molecule has 1 rings (SSSR count). The van der Waals surface area contributed by atoms with E-state index < -0.39 is 15.6 Å². The predicted molar refractivity (Wildman–Crippen MR) is 79.0 cm³/mol. The van der Waals surface area contributed by atoms with Crippen molar-refractivity contribution in [2.24, 2.45) is 5.73 Å². The van der Waals surface area contributed by atoms with E-state index in [0.29, 0.717) is 0 Å². The van der Waals surface area contributed by atoms with Crippen LogP contribution in [0.4, 0.5) is 0 Å². The number of hydrogen-bond donors (Lipinski definition) is 2. The van der Waals surface area contributed by atoms with Crippen molar-refractivity contribution in [1.82, 2.24) is 4.72 Å². The van der Waals surface area contributed by atoms with Gasteiger partial charge in [0.2, 0.25) is 10.0 Å². The first-order valence-corrected chi connectivity index (χ1v) is 7.98. The molecule has 0 spiro atoms. The summed E-state index contributed by atoms with van der Waals surface area (Å²) >= 11 is 6.01. The molecule has 0 saturated carbocycles. The van der Waals surface area contributed by atoms with E-state index in [1.807, 2.05) is 19.9 Å². The molecule has 0 atom stereocenters. The second-order valence-corrected chi connectivity index (χ2v) is 7.60. The van der Waals surface area contributed by atoms with Gasteiger partial charge in [0.25, 0.3) is 0 Å². The van der Waals surface area contributed by atoms with E-state index in [1.165, 1.54) is 0 Å². The molecule has 19 heavy (non-hydrogen) atoms. The number of halogens is 1. The Kier molecular flexibility index (Phi) is 5.01. The van der Waals surface area contributed by atoms with Gasteiger partial charge in [-0.25, -0.2) is 13.1 Å². The summed E-state index contributed by atoms with van der Waals surface area (Å²) in [7, 11) is -3.68. The fourth-order valence-electron chi connectivity index (χ4n) is 1.55. The number of nitrogens with one attached hydrogen (secondary N) is 1. The maximum absolute atomic E-state index is 12.4. The maximum atomic E-state index is 12.4. The lowest BCUT2D eigenvalue weighted by molar-refractivity contribution is 0.462. The van der Waals surface area contributed by atoms with Crippen molar-refractivity contribution >= 4 is 21.6 Å². The molecule has 0 aliphatic carbocycles. The Bertz CT molecular complexity index is 554. The van der Waals surface area contributed by atoms with Gasteiger partial charge in [-0.1, -0.05) is 31.5 Å². The molecular formula is C13H21ClN2O2S. The van der Waals surface area contributed by atoms with Crippen LogP contribution in [-0.2, 0) is 10.0 Å². The van der Waals surface area contributed by atoms with Crippen molar-refractivity contribution in [1.29, 1.82) is 0 Å². The third-order valence-corrected chi connectivity index (χ3v) is 5.01. The molecule has 0 heterocycles. The van der Waals surface area contributed by atoms with E-state index in [4.69, 9.17) is 17.3 Å². The van der Waals surface area contributed by atoms with Crippen LogP contribution in [0.2, 0.25) is 5.02 Å². The molecule has 0 saturated heterocycles. The van der Waals surface area contributed by atoms with Gasteiger partial charge in [0.1, 0.15) is 4.90 Å². The summed E-state index contributed by atoms with van der Waals surface area (Å²) in [6, 6.07) is 5.06. The van der Waals surface area contributed by atoms with Gasteiger partial charge >= 0.3 is 0 Å². The first-order valence-electron chi connectivity index (χ1n) is 6.12. The van der Waals surface area contributed by atoms with E-state index in [2.05, 4.69) is 4.72 Å². The van der Waals surface area contributed by atoms with Crippen LogP contribution in [0.3, 0.4) is 0 Å². The smallest absolute Gasteiger partial charge is 0.242 e. The van der Waals surface area contributed by atoms with Gasteiger partial charge in [-0.05, 0) is 37.5 Å². The van der Waals surface area contributed by atoms with Crippen LogP contribution in [0.5, 0.6) is 0 Å². The summed E-state index contributed by atoms with van der Waals surface area (Å²) in [5.74, 6) is 0.230. The van der Waals surface area contributed by atoms with Crippen molar-refractivity contribution in [2.45, 2.75) is 44.0 Å². The number of nitrogens with two attached hydrogens (primary N) is 1. The van der Waals surface area contributed by atoms with E-state index in [-0.39, 0.29) is 22.4 Å². The number of sulfonamides is 1. The van der Waals surface area contributed by atoms with Gasteiger partial charge in [0, 0.05) is 12.1 Å². The predicted octanol–water partition coefficient (Wildman–Crippen LogP) is 2.48. The SMILES string of the molecule is CC(C)c1ccc(Cl)c(S(=O)(=O)NC(C)(C)CN)c1. The van der Waals surface area contributed by atoms with Crippen molar-refractivity contribution in [3.63, 3.8) is 0 Å². The molecule has 1 aromatic carbocycles. The monoisotopic (exact) mass is 304 g/mol. The molecule has 0 radical (unpaired) electrons. The Labute approximate surface area is 120 Å². The van der Waals surface area contributed by atoms with Crippen LogP contribution in [-0.4, -0.2) is 20.5 Å². The lowest BCUT2D eigenvalue weighted by Crippen LogP contribution is -2.48. The molecule has 0 aliphatic heterocycles. The summed E-state index contributed by atoms with van der Waals surface area (Å²) in [5.41, 5.74) is 5.76. The van der Waals surface area contributed by atoms with E-state index in [9.17, 15) is 8.42 Å². The quantitative estimate of drug-likeness (QED) is 0.878. The molecule has 0 fully saturated rings. The summed E-state index contributed by atoms with van der Waals surface area (Å²) in [4.78, 5) is 0.0990. The number of benzene rings is 1. The molecule has 4 nitrogen and oxygen atoms in total. The molecular weight excluding hydrogens is 284 g/mol. The number of rotatable bonds is 5. The Hall–Kier alpha value is -0.620. The molecule has 0 aromatic heterocycles. The fourth-order valence-corrected chi connectivity index (χ4v) is 3.50. The highest BCUT2D eigenvalue weighted by molar-refractivity contribution is 7.89. The van der Waals surface area contributed by atoms with Gasteiger partial charge in [0.05, 0.1) is 5.02 Å². The highest BCUT2D eigenvalue weighted by Gasteiger charge is 2.27. The van der Waals surface area contributed by atoms with Gasteiger partial charge in [-0.3, -0.25) is 0 Å². The van der Waals surface area contributed by atoms with E-state index in [0.717, 1.165) is 5.56 Å². The molecule has 0 amide bonds. The highest BCUT2D eigenvalue weighted by Crippen LogP contribution is 2.26. The third-order valence-electron chi connectivity index (χ3n) is 2.83. The second-order valence-electron chi connectivity index (χ2n) is 5.54. The number of hydrogen-bond acceptors (Lipinski definition) is 3. The van der Waals surface area contributed by atoms with Crippen LogP contribution >= 0.6 is 11.6 Å². The molecule has 6 heteroatoms. The van der Waals surface area contributed by atoms with Gasteiger partial charge in [-0.2, -0.15) is 0 Å². The third kappa shape index (κ3) is 4.18. The van der Waals surface area contributed by atoms with Crippen LogP contribution < -0.4 is 10.5 Å². The molecule has 3 N–H and O–H groups in total. The average molecular weight is 305 g/mol. The van der Waals surface area contributed by atoms with Gasteiger partial charge in [-0.15, -0.1) is 0 Å². The standard InChI is InChI=1S/C13H21ClN2O2S/c1-9(2)10-5-6-11(14)12(7-10)19(17,18)16-13(3,4)8-15/h5-7,9,16H,8,15H2,1-4H3. The first kappa shape index (κ1) is 16.4. The lowest BCUT2D eigenvalue weighted by atomic mass is 10.0. The maximum Gasteiger partial charge on any atom is 0.242 e. The molecule has 108 valence electrons. The minimum Gasteiger partial charge on any atom is -0.329 e. The Morgan fingerprint density at radius 3 is 2.42 bits per heavy atom. The fraction of sp³-hybridized carbons (Fsp3) is 0.538. The zero-order chi connectivity index (χ0) is 14.8.